The maximum Gasteiger partial charge on any atom is 0.288 e. The first-order chi connectivity index (χ1) is 7.86. The van der Waals surface area contributed by atoms with E-state index in [1.807, 2.05) is 0 Å². The van der Waals surface area contributed by atoms with Crippen LogP contribution in [0.2, 0.25) is 10.0 Å². The zero-order valence-corrected chi connectivity index (χ0v) is 11.4. The Morgan fingerprint density at radius 2 is 2.00 bits per heavy atom. The summed E-state index contributed by atoms with van der Waals surface area (Å²) in [5.74, 6) is 0.214. The number of halogens is 3. The Morgan fingerprint density at radius 1 is 1.35 bits per heavy atom. The number of nitrogens with zero attached hydrogens (tertiary/aromatic N) is 1. The molecule has 0 fully saturated rings. The van der Waals surface area contributed by atoms with Crippen molar-refractivity contribution in [1.29, 1.82) is 0 Å². The number of rotatable bonds is 1. The van der Waals surface area contributed by atoms with Gasteiger partial charge in [-0.3, -0.25) is 0 Å². The first-order valence-corrected chi connectivity index (χ1v) is 6.77. The van der Waals surface area contributed by atoms with E-state index in [-0.39, 0.29) is 31.7 Å². The number of hydrogen-bond acceptors (Lipinski definition) is 4. The molecule has 1 N–H and O–H groups in total. The van der Waals surface area contributed by atoms with E-state index in [1.165, 1.54) is 13.2 Å². The molecule has 2 rings (SSSR count). The molecule has 0 radical (unpaired) electrons. The molecule has 0 amide bonds. The monoisotopic (exact) mass is 314 g/mol. The molecule has 17 heavy (non-hydrogen) atoms. The number of anilines is 1. The van der Waals surface area contributed by atoms with Gasteiger partial charge in [0.25, 0.3) is 10.0 Å². The lowest BCUT2D eigenvalue weighted by Gasteiger charge is -2.19. The van der Waals surface area contributed by atoms with Crippen LogP contribution in [0.1, 0.15) is 0 Å². The van der Waals surface area contributed by atoms with Crippen molar-refractivity contribution in [2.24, 2.45) is 4.40 Å². The summed E-state index contributed by atoms with van der Waals surface area (Å²) in [7, 11) is -2.61. The third-order valence-electron chi connectivity index (χ3n) is 2.05. The van der Waals surface area contributed by atoms with E-state index >= 15 is 0 Å². The lowest BCUT2D eigenvalue weighted by atomic mass is 10.3. The van der Waals surface area contributed by atoms with E-state index < -0.39 is 10.0 Å². The Morgan fingerprint density at radius 3 is 2.59 bits per heavy atom. The van der Waals surface area contributed by atoms with Gasteiger partial charge in [0, 0.05) is 6.07 Å². The average Bonchev–Trinajstić information content (AvgIpc) is 2.20. The summed E-state index contributed by atoms with van der Waals surface area (Å²) in [6.45, 7) is 0. The summed E-state index contributed by atoms with van der Waals surface area (Å²) in [4.78, 5) is -0.243. The second-order valence-corrected chi connectivity index (χ2v) is 5.75. The average molecular weight is 316 g/mol. The number of methoxy groups -OCH3 is 1. The van der Waals surface area contributed by atoms with Crippen molar-refractivity contribution in [2.75, 3.05) is 12.4 Å². The maximum atomic E-state index is 11.8. The fourth-order valence-electron chi connectivity index (χ4n) is 1.38. The van der Waals surface area contributed by atoms with Gasteiger partial charge in [0.1, 0.15) is 16.3 Å². The molecule has 0 unspecified atom stereocenters. The Labute approximate surface area is 112 Å². The highest BCUT2D eigenvalue weighted by Crippen LogP contribution is 2.44. The fraction of sp³-hybridized carbons (Fsp3) is 0.125. The predicted octanol–water partition coefficient (Wildman–Crippen LogP) is 2.71. The van der Waals surface area contributed by atoms with Crippen LogP contribution in [0.25, 0.3) is 0 Å². The van der Waals surface area contributed by atoms with Gasteiger partial charge in [0.2, 0.25) is 5.29 Å². The Kier molecular flexibility index (Phi) is 3.15. The highest BCUT2D eigenvalue weighted by Gasteiger charge is 2.31. The van der Waals surface area contributed by atoms with Crippen molar-refractivity contribution in [3.63, 3.8) is 0 Å². The molecular weight excluding hydrogens is 311 g/mol. The molecule has 1 aromatic rings. The molecule has 1 aromatic carbocycles. The summed E-state index contributed by atoms with van der Waals surface area (Å²) in [6.07, 6.45) is 0. The van der Waals surface area contributed by atoms with E-state index in [0.29, 0.717) is 0 Å². The predicted molar refractivity (Wildman–Crippen MR) is 67.1 cm³/mol. The van der Waals surface area contributed by atoms with Crippen molar-refractivity contribution in [3.8, 4) is 5.75 Å². The maximum absolute atomic E-state index is 11.8. The molecule has 0 saturated carbocycles. The van der Waals surface area contributed by atoms with E-state index in [1.54, 1.807) is 0 Å². The van der Waals surface area contributed by atoms with Gasteiger partial charge in [-0.05, 0) is 11.6 Å². The zero-order valence-electron chi connectivity index (χ0n) is 8.29. The lowest BCUT2D eigenvalue weighted by Crippen LogP contribution is -2.18. The molecule has 0 bridgehead atoms. The second-order valence-electron chi connectivity index (χ2n) is 3.06. The van der Waals surface area contributed by atoms with Crippen LogP contribution in [-0.2, 0) is 10.0 Å². The van der Waals surface area contributed by atoms with Gasteiger partial charge in [0.05, 0.1) is 17.2 Å². The van der Waals surface area contributed by atoms with Gasteiger partial charge < -0.3 is 10.1 Å². The number of amidine groups is 1. The number of sulfonamides is 1. The molecule has 5 nitrogen and oxygen atoms in total. The molecule has 92 valence electrons. The summed E-state index contributed by atoms with van der Waals surface area (Å²) < 4.78 is 31.9. The number of nitrogens with one attached hydrogen (secondary N) is 1. The van der Waals surface area contributed by atoms with E-state index in [9.17, 15) is 8.42 Å². The summed E-state index contributed by atoms with van der Waals surface area (Å²) >= 11 is 17.2. The van der Waals surface area contributed by atoms with Gasteiger partial charge in [-0.25, -0.2) is 0 Å². The van der Waals surface area contributed by atoms with Gasteiger partial charge in [-0.1, -0.05) is 23.2 Å². The fourth-order valence-corrected chi connectivity index (χ4v) is 3.53. The third-order valence-corrected chi connectivity index (χ3v) is 4.57. The molecule has 0 aromatic heterocycles. The van der Waals surface area contributed by atoms with Crippen molar-refractivity contribution in [1.82, 2.24) is 0 Å². The summed E-state index contributed by atoms with van der Waals surface area (Å²) in [6, 6.07) is 1.39. The van der Waals surface area contributed by atoms with Crippen molar-refractivity contribution in [2.45, 2.75) is 4.90 Å². The molecule has 1 heterocycles. The zero-order chi connectivity index (χ0) is 12.8. The molecule has 1 aliphatic heterocycles. The Hall–Kier alpha value is -0.690. The van der Waals surface area contributed by atoms with Crippen LogP contribution in [0.4, 0.5) is 5.69 Å². The summed E-state index contributed by atoms with van der Waals surface area (Å²) in [5.41, 5.74) is 0.127. The third kappa shape index (κ3) is 2.06. The smallest absolute Gasteiger partial charge is 0.288 e. The van der Waals surface area contributed by atoms with E-state index in [4.69, 9.17) is 39.5 Å². The Bertz CT molecular complexity index is 627. The largest absolute Gasteiger partial charge is 0.494 e. The van der Waals surface area contributed by atoms with Crippen LogP contribution in [0.15, 0.2) is 15.4 Å². The first kappa shape index (κ1) is 12.8. The number of hydrogen-bond donors (Lipinski definition) is 1. The quantitative estimate of drug-likeness (QED) is 0.809. The standard InChI is InChI=1S/C8H5Cl3N2O3S/c1-16-4-2-3(9)5(10)7-6(4)12-8(11)13-17(7,14)15/h2H,1H3,(H,12,13). The molecular formula is C8H5Cl3N2O3S. The minimum absolute atomic E-state index is 0.0564. The minimum atomic E-state index is -3.98. The van der Waals surface area contributed by atoms with Gasteiger partial charge in [-0.15, -0.1) is 4.40 Å². The van der Waals surface area contributed by atoms with Gasteiger partial charge >= 0.3 is 0 Å². The molecule has 0 aliphatic carbocycles. The Balaban J connectivity index is 2.87. The number of ether oxygens (including phenoxy) is 1. The van der Waals surface area contributed by atoms with Crippen LogP contribution < -0.4 is 10.1 Å². The normalized spacial score (nSPS) is 16.8. The number of fused-ring (bicyclic) bond motifs is 1. The van der Waals surface area contributed by atoms with Crippen molar-refractivity contribution in [3.05, 3.63) is 16.1 Å². The highest BCUT2D eigenvalue weighted by atomic mass is 35.5. The van der Waals surface area contributed by atoms with Crippen LogP contribution in [0.3, 0.4) is 0 Å². The SMILES string of the molecule is COc1cc(Cl)c(Cl)c2c1NC(Cl)=NS2(=O)=O. The molecule has 0 saturated heterocycles. The van der Waals surface area contributed by atoms with Crippen molar-refractivity contribution < 1.29 is 13.2 Å². The highest BCUT2D eigenvalue weighted by molar-refractivity contribution is 7.90. The van der Waals surface area contributed by atoms with E-state index in [2.05, 4.69) is 9.71 Å². The van der Waals surface area contributed by atoms with Gasteiger partial charge in [0.15, 0.2) is 0 Å². The second kappa shape index (κ2) is 4.20. The molecule has 0 spiro atoms. The van der Waals surface area contributed by atoms with Gasteiger partial charge in [-0.2, -0.15) is 8.42 Å². The number of benzene rings is 1. The van der Waals surface area contributed by atoms with E-state index in [0.717, 1.165) is 0 Å². The minimum Gasteiger partial charge on any atom is -0.494 e. The van der Waals surface area contributed by atoms with Crippen LogP contribution >= 0.6 is 34.8 Å². The lowest BCUT2D eigenvalue weighted by molar-refractivity contribution is 0.416. The van der Waals surface area contributed by atoms with Crippen molar-refractivity contribution >= 4 is 55.8 Å². The van der Waals surface area contributed by atoms with Crippen LogP contribution in [0.5, 0.6) is 5.75 Å². The first-order valence-electron chi connectivity index (χ1n) is 4.20. The molecule has 1 aliphatic rings. The van der Waals surface area contributed by atoms with Crippen LogP contribution in [-0.4, -0.2) is 20.8 Å². The molecule has 0 atom stereocenters. The van der Waals surface area contributed by atoms with Crippen LogP contribution in [0, 0.1) is 0 Å². The summed E-state index contributed by atoms with van der Waals surface area (Å²) in [5, 5.41) is 2.22. The molecule has 9 heteroatoms. The topological polar surface area (TPSA) is 67.8 Å².